The average molecular weight is 444 g/mol. The Balaban J connectivity index is 1.58. The number of rotatable bonds is 5. The molecule has 0 amide bonds. The van der Waals surface area contributed by atoms with E-state index < -0.39 is 0 Å². The van der Waals surface area contributed by atoms with Crippen LogP contribution in [0.15, 0.2) is 27.7 Å². The fourth-order valence-corrected chi connectivity index (χ4v) is 5.46. The Bertz CT molecular complexity index is 920. The van der Waals surface area contributed by atoms with Crippen LogP contribution in [-0.2, 0) is 0 Å². The second-order valence-corrected chi connectivity index (χ2v) is 9.36. The molecule has 140 valence electrons. The quantitative estimate of drug-likeness (QED) is 0.543. The molecule has 0 N–H and O–H groups in total. The standard InChI is InChI=1S/C21H22BrN3OS/c1-13(2)12-26-18-4-3-14(9-17(18)22)11-24-20-16(10-23)19-15-5-7-25(8-6-15)21(19)27-20/h3-4,9,11,13,15H,5-8,12H2,1-2H3. The molecule has 0 unspecified atom stereocenters. The van der Waals surface area contributed by atoms with Crippen molar-refractivity contribution in [2.75, 3.05) is 24.6 Å². The number of anilines is 1. The fourth-order valence-electron chi connectivity index (χ4n) is 3.71. The molecule has 4 heterocycles. The molecule has 6 heteroatoms. The molecule has 1 aromatic carbocycles. The number of nitriles is 1. The van der Waals surface area contributed by atoms with Crippen LogP contribution in [0.5, 0.6) is 5.75 Å². The number of aliphatic imine (C=N–C) groups is 1. The molecule has 0 saturated carbocycles. The molecule has 1 fully saturated rings. The lowest BCUT2D eigenvalue weighted by Gasteiger charge is -2.39. The number of piperidine rings is 1. The molecule has 3 aliphatic rings. The van der Waals surface area contributed by atoms with Crippen LogP contribution in [0.4, 0.5) is 10.0 Å². The number of halogens is 1. The van der Waals surface area contributed by atoms with Gasteiger partial charge in [0.15, 0.2) is 0 Å². The van der Waals surface area contributed by atoms with Gasteiger partial charge >= 0.3 is 0 Å². The summed E-state index contributed by atoms with van der Waals surface area (Å²) in [6.07, 6.45) is 4.16. The zero-order valence-corrected chi connectivity index (χ0v) is 17.9. The fraction of sp³-hybridized carbons (Fsp3) is 0.429. The van der Waals surface area contributed by atoms with Crippen LogP contribution in [0.2, 0.25) is 0 Å². The zero-order valence-electron chi connectivity index (χ0n) is 15.5. The summed E-state index contributed by atoms with van der Waals surface area (Å²) < 4.78 is 6.72. The van der Waals surface area contributed by atoms with Gasteiger partial charge in [-0.15, -0.1) is 0 Å². The molecule has 0 radical (unpaired) electrons. The highest BCUT2D eigenvalue weighted by Gasteiger charge is 2.36. The SMILES string of the molecule is CC(C)COc1ccc(C=Nc2sc3c(c2C#N)C2CCN3CC2)cc1Br. The molecule has 2 bridgehead atoms. The van der Waals surface area contributed by atoms with Crippen molar-refractivity contribution in [3.63, 3.8) is 0 Å². The summed E-state index contributed by atoms with van der Waals surface area (Å²) in [7, 11) is 0. The van der Waals surface area contributed by atoms with Crippen LogP contribution in [0, 0.1) is 17.2 Å². The maximum absolute atomic E-state index is 9.71. The van der Waals surface area contributed by atoms with Gasteiger partial charge in [0, 0.05) is 24.9 Å². The summed E-state index contributed by atoms with van der Waals surface area (Å²) in [6.45, 7) is 7.17. The van der Waals surface area contributed by atoms with Crippen LogP contribution < -0.4 is 9.64 Å². The van der Waals surface area contributed by atoms with E-state index in [-0.39, 0.29) is 0 Å². The minimum atomic E-state index is 0.485. The second-order valence-electron chi connectivity index (χ2n) is 7.53. The Morgan fingerprint density at radius 3 is 2.85 bits per heavy atom. The van der Waals surface area contributed by atoms with Gasteiger partial charge in [-0.25, -0.2) is 4.99 Å². The lowest BCUT2D eigenvalue weighted by molar-refractivity contribution is 0.269. The third kappa shape index (κ3) is 3.63. The molecule has 0 atom stereocenters. The van der Waals surface area contributed by atoms with Crippen molar-refractivity contribution in [3.8, 4) is 11.8 Å². The van der Waals surface area contributed by atoms with Gasteiger partial charge < -0.3 is 9.64 Å². The number of benzene rings is 1. The van der Waals surface area contributed by atoms with E-state index in [4.69, 9.17) is 4.74 Å². The number of nitrogens with zero attached hydrogens (tertiary/aromatic N) is 3. The molecule has 2 aromatic rings. The maximum atomic E-state index is 9.71. The van der Waals surface area contributed by atoms with Crippen molar-refractivity contribution >= 4 is 43.5 Å². The largest absolute Gasteiger partial charge is 0.492 e. The van der Waals surface area contributed by atoms with Gasteiger partial charge in [-0.1, -0.05) is 25.2 Å². The molecule has 3 aliphatic heterocycles. The van der Waals surface area contributed by atoms with E-state index in [1.165, 1.54) is 10.6 Å². The van der Waals surface area contributed by atoms with Crippen molar-refractivity contribution in [3.05, 3.63) is 39.4 Å². The third-order valence-electron chi connectivity index (χ3n) is 5.07. The summed E-state index contributed by atoms with van der Waals surface area (Å²) >= 11 is 5.24. The van der Waals surface area contributed by atoms with Gasteiger partial charge in [0.25, 0.3) is 0 Å². The second kappa shape index (κ2) is 7.65. The van der Waals surface area contributed by atoms with E-state index in [0.717, 1.165) is 52.3 Å². The first-order chi connectivity index (χ1) is 13.1. The first-order valence-corrected chi connectivity index (χ1v) is 11.0. The summed E-state index contributed by atoms with van der Waals surface area (Å²) in [6, 6.07) is 8.38. The van der Waals surface area contributed by atoms with E-state index in [1.807, 2.05) is 24.4 Å². The van der Waals surface area contributed by atoms with E-state index >= 15 is 0 Å². The van der Waals surface area contributed by atoms with Crippen molar-refractivity contribution in [1.82, 2.24) is 0 Å². The van der Waals surface area contributed by atoms with Crippen molar-refractivity contribution in [2.24, 2.45) is 10.9 Å². The lowest BCUT2D eigenvalue weighted by atomic mass is 9.84. The Kier molecular flexibility index (Phi) is 5.25. The van der Waals surface area contributed by atoms with E-state index in [2.05, 4.69) is 45.7 Å². The Labute approximate surface area is 172 Å². The van der Waals surface area contributed by atoms with Gasteiger partial charge in [0.05, 0.1) is 21.6 Å². The van der Waals surface area contributed by atoms with Crippen molar-refractivity contribution < 1.29 is 4.74 Å². The van der Waals surface area contributed by atoms with Gasteiger partial charge in [0.1, 0.15) is 16.8 Å². The van der Waals surface area contributed by atoms with Crippen LogP contribution in [0.25, 0.3) is 0 Å². The maximum Gasteiger partial charge on any atom is 0.136 e. The van der Waals surface area contributed by atoms with Crippen LogP contribution in [-0.4, -0.2) is 25.9 Å². The first-order valence-electron chi connectivity index (χ1n) is 9.35. The minimum Gasteiger partial charge on any atom is -0.492 e. The molecule has 5 rings (SSSR count). The molecule has 1 saturated heterocycles. The number of fused-ring (bicyclic) bond motifs is 2. The molecular weight excluding hydrogens is 422 g/mol. The van der Waals surface area contributed by atoms with Crippen LogP contribution in [0.3, 0.4) is 0 Å². The summed E-state index contributed by atoms with van der Waals surface area (Å²) in [5, 5.41) is 11.8. The summed E-state index contributed by atoms with van der Waals surface area (Å²) in [4.78, 5) is 7.09. The monoisotopic (exact) mass is 443 g/mol. The summed E-state index contributed by atoms with van der Waals surface area (Å²) in [5.41, 5.74) is 3.00. The van der Waals surface area contributed by atoms with Crippen LogP contribution in [0.1, 0.15) is 49.3 Å². The van der Waals surface area contributed by atoms with Crippen molar-refractivity contribution in [2.45, 2.75) is 32.6 Å². The van der Waals surface area contributed by atoms with Gasteiger partial charge in [0.2, 0.25) is 0 Å². The number of ether oxygens (including phenoxy) is 1. The molecule has 4 nitrogen and oxygen atoms in total. The van der Waals surface area contributed by atoms with Gasteiger partial charge in [-0.2, -0.15) is 5.26 Å². The predicted octanol–water partition coefficient (Wildman–Crippen LogP) is 5.87. The number of hydrogen-bond donors (Lipinski definition) is 0. The van der Waals surface area contributed by atoms with Gasteiger partial charge in [-0.3, -0.25) is 0 Å². The average Bonchev–Trinajstić information content (AvgIpc) is 3.07. The molecule has 0 aliphatic carbocycles. The predicted molar refractivity (Wildman–Crippen MR) is 115 cm³/mol. The van der Waals surface area contributed by atoms with Gasteiger partial charge in [-0.05, 0) is 64.4 Å². The number of thiophene rings is 1. The lowest BCUT2D eigenvalue weighted by Crippen LogP contribution is -2.37. The van der Waals surface area contributed by atoms with E-state index in [9.17, 15) is 5.26 Å². The Hall–Kier alpha value is -1.84. The van der Waals surface area contributed by atoms with E-state index in [1.54, 1.807) is 11.3 Å². The molecule has 0 spiro atoms. The highest BCUT2D eigenvalue weighted by Crippen LogP contribution is 2.52. The number of hydrogen-bond acceptors (Lipinski definition) is 5. The Morgan fingerprint density at radius 1 is 1.41 bits per heavy atom. The third-order valence-corrected chi connectivity index (χ3v) is 6.86. The zero-order chi connectivity index (χ0) is 19.0. The molecule has 27 heavy (non-hydrogen) atoms. The molecular formula is C21H22BrN3OS. The molecule has 1 aromatic heterocycles. The van der Waals surface area contributed by atoms with E-state index in [0.29, 0.717) is 18.4 Å². The van der Waals surface area contributed by atoms with Crippen molar-refractivity contribution in [1.29, 1.82) is 5.26 Å². The minimum absolute atomic E-state index is 0.485. The summed E-state index contributed by atoms with van der Waals surface area (Å²) in [5.74, 6) is 1.86. The Morgan fingerprint density at radius 2 is 2.19 bits per heavy atom. The highest BCUT2D eigenvalue weighted by molar-refractivity contribution is 9.10. The normalized spacial score (nSPS) is 16.2. The topological polar surface area (TPSA) is 48.6 Å². The first kappa shape index (κ1) is 18.5. The highest BCUT2D eigenvalue weighted by atomic mass is 79.9. The van der Waals surface area contributed by atoms with Crippen LogP contribution >= 0.6 is 27.3 Å². The smallest absolute Gasteiger partial charge is 0.136 e.